The topological polar surface area (TPSA) is 93.3 Å². The van der Waals surface area contributed by atoms with Gasteiger partial charge in [0.25, 0.3) is 5.69 Å². The normalized spacial score (nSPS) is 11.0. The number of non-ortho nitro benzene ring substituents is 1. The van der Waals surface area contributed by atoms with Crippen molar-refractivity contribution in [2.75, 3.05) is 5.32 Å². The minimum atomic E-state index is -0.423. The monoisotopic (exact) mass is 479 g/mol. The number of benzene rings is 3. The largest absolute Gasteiger partial charge is 0.330 e. The molecule has 0 radical (unpaired) electrons. The molecule has 7 nitrogen and oxygen atoms in total. The van der Waals surface area contributed by atoms with Crippen LogP contribution in [0.15, 0.2) is 82.3 Å². The Morgan fingerprint density at radius 2 is 1.80 bits per heavy atom. The minimum Gasteiger partial charge on any atom is -0.330 e. The first-order valence-electron chi connectivity index (χ1n) is 8.82. The van der Waals surface area contributed by atoms with E-state index >= 15 is 0 Å². The van der Waals surface area contributed by atoms with Gasteiger partial charge in [0.15, 0.2) is 0 Å². The van der Waals surface area contributed by atoms with Crippen molar-refractivity contribution in [3.63, 3.8) is 0 Å². The molecule has 1 aromatic heterocycles. The van der Waals surface area contributed by atoms with Crippen LogP contribution >= 0.6 is 27.3 Å². The van der Waals surface area contributed by atoms with Crippen LogP contribution in [0, 0.1) is 10.1 Å². The lowest BCUT2D eigenvalue weighted by Crippen LogP contribution is -1.89. The molecule has 0 fully saturated rings. The van der Waals surface area contributed by atoms with Crippen molar-refractivity contribution in [3.05, 3.63) is 92.9 Å². The van der Waals surface area contributed by atoms with E-state index < -0.39 is 4.92 Å². The average molecular weight is 480 g/mol. The van der Waals surface area contributed by atoms with E-state index in [0.717, 1.165) is 26.4 Å². The molecule has 9 heteroatoms. The number of nitrogens with one attached hydrogen (secondary N) is 1. The van der Waals surface area contributed by atoms with Crippen LogP contribution in [0.1, 0.15) is 5.56 Å². The Morgan fingerprint density at radius 1 is 1.03 bits per heavy atom. The van der Waals surface area contributed by atoms with Crippen molar-refractivity contribution < 1.29 is 4.92 Å². The van der Waals surface area contributed by atoms with Gasteiger partial charge in [-0.2, -0.15) is 0 Å². The first kappa shape index (κ1) is 19.9. The highest BCUT2D eigenvalue weighted by Crippen LogP contribution is 2.30. The Kier molecular flexibility index (Phi) is 5.92. The van der Waals surface area contributed by atoms with E-state index in [2.05, 4.69) is 36.4 Å². The number of aliphatic imine (C=N–C) groups is 1. The molecule has 0 amide bonds. The smallest absolute Gasteiger partial charge is 0.270 e. The van der Waals surface area contributed by atoms with Crippen molar-refractivity contribution in [2.24, 2.45) is 4.99 Å². The molecule has 0 aliphatic rings. The average Bonchev–Trinajstić information content (AvgIpc) is 3.23. The maximum Gasteiger partial charge on any atom is 0.270 e. The summed E-state index contributed by atoms with van der Waals surface area (Å²) in [7, 11) is 0. The number of aromatic nitrogens is 2. The Labute approximate surface area is 184 Å². The molecule has 3 aromatic carbocycles. The summed E-state index contributed by atoms with van der Waals surface area (Å²) < 4.78 is 1.01. The molecule has 0 saturated heterocycles. The maximum atomic E-state index is 10.9. The second kappa shape index (κ2) is 8.93. The summed E-state index contributed by atoms with van der Waals surface area (Å²) in [4.78, 5) is 14.8. The molecule has 0 unspecified atom stereocenters. The molecule has 0 aliphatic heterocycles. The summed E-state index contributed by atoms with van der Waals surface area (Å²) in [6, 6.07) is 21.7. The van der Waals surface area contributed by atoms with Crippen molar-refractivity contribution in [2.45, 2.75) is 0 Å². The third-order valence-corrected chi connectivity index (χ3v) is 5.49. The molecule has 4 rings (SSSR count). The van der Waals surface area contributed by atoms with Crippen LogP contribution in [0.3, 0.4) is 0 Å². The zero-order valence-corrected chi connectivity index (χ0v) is 17.8. The fourth-order valence-corrected chi connectivity index (χ4v) is 3.64. The van der Waals surface area contributed by atoms with Crippen LogP contribution in [0.5, 0.6) is 0 Å². The van der Waals surface area contributed by atoms with Gasteiger partial charge in [-0.1, -0.05) is 39.4 Å². The number of hydrogen-bond donors (Lipinski definition) is 1. The number of rotatable bonds is 6. The highest BCUT2D eigenvalue weighted by Gasteiger charge is 2.07. The molecule has 0 atom stereocenters. The van der Waals surface area contributed by atoms with Gasteiger partial charge in [-0.3, -0.25) is 15.1 Å². The third-order valence-electron chi connectivity index (χ3n) is 4.08. The Balaban J connectivity index is 1.45. The molecule has 30 heavy (non-hydrogen) atoms. The van der Waals surface area contributed by atoms with Gasteiger partial charge in [0.05, 0.1) is 10.6 Å². The summed E-state index contributed by atoms with van der Waals surface area (Å²) in [5.41, 5.74) is 3.32. The van der Waals surface area contributed by atoms with E-state index in [1.54, 1.807) is 18.3 Å². The molecule has 0 saturated carbocycles. The molecule has 1 N–H and O–H groups in total. The van der Waals surface area contributed by atoms with Crippen LogP contribution in [0.4, 0.5) is 22.2 Å². The summed E-state index contributed by atoms with van der Waals surface area (Å²) in [5.74, 6) is 0. The summed E-state index contributed by atoms with van der Waals surface area (Å²) in [5, 5.41) is 24.0. The zero-order chi connectivity index (χ0) is 20.9. The van der Waals surface area contributed by atoms with E-state index in [9.17, 15) is 10.1 Å². The number of nitro benzene ring substituents is 1. The van der Waals surface area contributed by atoms with Gasteiger partial charge >= 0.3 is 0 Å². The molecule has 148 valence electrons. The highest BCUT2D eigenvalue weighted by atomic mass is 79.9. The van der Waals surface area contributed by atoms with E-state index in [0.29, 0.717) is 10.7 Å². The maximum absolute atomic E-state index is 10.9. The molecular formula is C21H14BrN5O2S. The molecule has 0 bridgehead atoms. The van der Waals surface area contributed by atoms with Crippen molar-refractivity contribution in [1.29, 1.82) is 0 Å². The first-order chi connectivity index (χ1) is 14.6. The molecule has 1 heterocycles. The number of nitro groups is 1. The Morgan fingerprint density at radius 3 is 2.53 bits per heavy atom. The van der Waals surface area contributed by atoms with E-state index in [1.165, 1.54) is 23.5 Å². The second-order valence-electron chi connectivity index (χ2n) is 6.20. The van der Waals surface area contributed by atoms with Crippen LogP contribution < -0.4 is 5.32 Å². The number of hydrogen-bond acceptors (Lipinski definition) is 7. The van der Waals surface area contributed by atoms with Gasteiger partial charge in [-0.15, -0.1) is 10.2 Å². The number of halogens is 1. The van der Waals surface area contributed by atoms with Gasteiger partial charge in [0, 0.05) is 34.1 Å². The van der Waals surface area contributed by atoms with Gasteiger partial charge in [-0.05, 0) is 54.1 Å². The Hall–Kier alpha value is -3.43. The lowest BCUT2D eigenvalue weighted by molar-refractivity contribution is -0.384. The van der Waals surface area contributed by atoms with E-state index in [4.69, 9.17) is 0 Å². The fourth-order valence-electron chi connectivity index (χ4n) is 2.60. The molecule has 0 spiro atoms. The Bertz CT molecular complexity index is 1210. The predicted molar refractivity (Wildman–Crippen MR) is 123 cm³/mol. The number of anilines is 2. The van der Waals surface area contributed by atoms with Crippen LogP contribution in [-0.4, -0.2) is 21.3 Å². The fraction of sp³-hybridized carbons (Fsp3) is 0. The van der Waals surface area contributed by atoms with E-state index in [-0.39, 0.29) is 5.69 Å². The number of nitrogens with zero attached hydrogens (tertiary/aromatic N) is 4. The van der Waals surface area contributed by atoms with Gasteiger partial charge in [0.1, 0.15) is 5.01 Å². The standard InChI is InChI=1S/C21H14BrN5O2S/c22-16-6-10-18(11-7-16)24-21-26-25-20(30-21)15-4-8-17(9-5-15)23-13-14-2-1-3-19(12-14)27(28)29/h1-13H,(H,24,26). The quantitative estimate of drug-likeness (QED) is 0.197. The van der Waals surface area contributed by atoms with Crippen LogP contribution in [-0.2, 0) is 0 Å². The minimum absolute atomic E-state index is 0.0399. The van der Waals surface area contributed by atoms with Crippen molar-refractivity contribution in [3.8, 4) is 10.6 Å². The zero-order valence-electron chi connectivity index (χ0n) is 15.4. The van der Waals surface area contributed by atoms with Crippen molar-refractivity contribution in [1.82, 2.24) is 10.2 Å². The van der Waals surface area contributed by atoms with Gasteiger partial charge in [-0.25, -0.2) is 0 Å². The van der Waals surface area contributed by atoms with Gasteiger partial charge in [0.2, 0.25) is 5.13 Å². The van der Waals surface area contributed by atoms with Crippen LogP contribution in [0.25, 0.3) is 10.6 Å². The molecular weight excluding hydrogens is 466 g/mol. The summed E-state index contributed by atoms with van der Waals surface area (Å²) in [6.07, 6.45) is 1.60. The third kappa shape index (κ3) is 4.94. The van der Waals surface area contributed by atoms with E-state index in [1.807, 2.05) is 48.5 Å². The lowest BCUT2D eigenvalue weighted by Gasteiger charge is -2.01. The summed E-state index contributed by atoms with van der Waals surface area (Å²) in [6.45, 7) is 0. The first-order valence-corrected chi connectivity index (χ1v) is 10.4. The lowest BCUT2D eigenvalue weighted by atomic mass is 10.2. The highest BCUT2D eigenvalue weighted by molar-refractivity contribution is 9.10. The SMILES string of the molecule is O=[N+]([O-])c1cccc(C=Nc2ccc(-c3nnc(Nc4ccc(Br)cc4)s3)cc2)c1. The predicted octanol–water partition coefficient (Wildman–Crippen LogP) is 6.37. The second-order valence-corrected chi connectivity index (χ2v) is 8.09. The summed E-state index contributed by atoms with van der Waals surface area (Å²) >= 11 is 4.87. The molecule has 0 aliphatic carbocycles. The van der Waals surface area contributed by atoms with Crippen molar-refractivity contribution >= 4 is 55.7 Å². The molecule has 4 aromatic rings. The van der Waals surface area contributed by atoms with Gasteiger partial charge < -0.3 is 5.32 Å². The van der Waals surface area contributed by atoms with Crippen LogP contribution in [0.2, 0.25) is 0 Å².